The molecule has 0 radical (unpaired) electrons. The summed E-state index contributed by atoms with van der Waals surface area (Å²) in [6.07, 6.45) is 1.98. The molecule has 4 rings (SSSR count). The Kier molecular flexibility index (Phi) is 4.77. The first-order valence-corrected chi connectivity index (χ1v) is 9.63. The van der Waals surface area contributed by atoms with E-state index in [1.165, 1.54) is 0 Å². The summed E-state index contributed by atoms with van der Waals surface area (Å²) in [7, 11) is 0. The van der Waals surface area contributed by atoms with Crippen molar-refractivity contribution in [1.82, 2.24) is 29.5 Å². The summed E-state index contributed by atoms with van der Waals surface area (Å²) in [5.41, 5.74) is 1.85. The number of piperazine rings is 1. The third-order valence-corrected chi connectivity index (χ3v) is 5.11. The van der Waals surface area contributed by atoms with Crippen LogP contribution in [0.5, 0.6) is 0 Å². The van der Waals surface area contributed by atoms with Crippen molar-refractivity contribution in [2.75, 3.05) is 31.1 Å². The van der Waals surface area contributed by atoms with Crippen LogP contribution in [-0.4, -0.2) is 61.6 Å². The summed E-state index contributed by atoms with van der Waals surface area (Å²) in [6.45, 7) is 6.74. The van der Waals surface area contributed by atoms with Crippen molar-refractivity contribution in [3.8, 4) is 0 Å². The molecule has 9 heteroatoms. The van der Waals surface area contributed by atoms with Gasteiger partial charge in [0.1, 0.15) is 5.82 Å². The van der Waals surface area contributed by atoms with E-state index in [4.69, 9.17) is 0 Å². The third kappa shape index (κ3) is 3.78. The number of carbonyl (C=O) groups is 1. The first-order valence-electron chi connectivity index (χ1n) is 8.84. The normalized spacial score (nSPS) is 14.8. The first-order chi connectivity index (χ1) is 13.0. The summed E-state index contributed by atoms with van der Waals surface area (Å²) in [5.74, 6) is 2.03. The zero-order chi connectivity index (χ0) is 19.0. The molecule has 1 aliphatic rings. The van der Waals surface area contributed by atoms with E-state index in [1.54, 1.807) is 10.7 Å². The molecule has 0 spiro atoms. The Morgan fingerprint density at radius 1 is 1.15 bits per heavy atom. The van der Waals surface area contributed by atoms with Crippen molar-refractivity contribution in [2.24, 2.45) is 0 Å². The van der Waals surface area contributed by atoms with Gasteiger partial charge in [-0.3, -0.25) is 4.79 Å². The van der Waals surface area contributed by atoms with Crippen LogP contribution in [0.2, 0.25) is 0 Å². The average molecular weight is 430 g/mol. The van der Waals surface area contributed by atoms with Crippen molar-refractivity contribution < 1.29 is 4.79 Å². The van der Waals surface area contributed by atoms with Crippen LogP contribution in [0.3, 0.4) is 0 Å². The van der Waals surface area contributed by atoms with Crippen LogP contribution in [0.15, 0.2) is 28.9 Å². The molecule has 1 fully saturated rings. The van der Waals surface area contributed by atoms with Crippen LogP contribution in [0.4, 0.5) is 5.82 Å². The third-order valence-electron chi connectivity index (χ3n) is 4.64. The fourth-order valence-electron chi connectivity index (χ4n) is 3.27. The smallest absolute Gasteiger partial charge is 0.252 e. The molecule has 1 saturated heterocycles. The minimum Gasteiger partial charge on any atom is -0.353 e. The van der Waals surface area contributed by atoms with Crippen LogP contribution in [-0.2, 0) is 11.2 Å². The van der Waals surface area contributed by atoms with Gasteiger partial charge in [-0.05, 0) is 48.0 Å². The second-order valence-electron chi connectivity index (χ2n) is 6.66. The molecule has 8 nitrogen and oxygen atoms in total. The van der Waals surface area contributed by atoms with Gasteiger partial charge in [-0.15, -0.1) is 5.10 Å². The summed E-state index contributed by atoms with van der Waals surface area (Å²) < 4.78 is 2.65. The number of fused-ring (bicyclic) bond motifs is 1. The SMILES string of the molecule is Cc1cc(C)n2nc(CC(=O)N3CCN(c4ccc(Br)cn4)CC3)nc2n1. The van der Waals surface area contributed by atoms with Crippen LogP contribution < -0.4 is 4.90 Å². The van der Waals surface area contributed by atoms with Crippen molar-refractivity contribution in [2.45, 2.75) is 20.3 Å². The van der Waals surface area contributed by atoms with Crippen LogP contribution in [0.1, 0.15) is 17.2 Å². The maximum atomic E-state index is 12.7. The van der Waals surface area contributed by atoms with E-state index in [9.17, 15) is 4.79 Å². The summed E-state index contributed by atoms with van der Waals surface area (Å²) in [4.78, 5) is 29.9. The van der Waals surface area contributed by atoms with E-state index in [0.717, 1.165) is 34.8 Å². The van der Waals surface area contributed by atoms with Crippen LogP contribution in [0, 0.1) is 13.8 Å². The number of carbonyl (C=O) groups excluding carboxylic acids is 1. The van der Waals surface area contributed by atoms with E-state index >= 15 is 0 Å². The highest BCUT2D eigenvalue weighted by atomic mass is 79.9. The lowest BCUT2D eigenvalue weighted by atomic mass is 10.2. The molecular formula is C18H20BrN7O. The Hall–Kier alpha value is -2.55. The lowest BCUT2D eigenvalue weighted by Gasteiger charge is -2.35. The van der Waals surface area contributed by atoms with Crippen molar-refractivity contribution >= 4 is 33.4 Å². The van der Waals surface area contributed by atoms with Crippen molar-refractivity contribution in [3.05, 3.63) is 46.1 Å². The van der Waals surface area contributed by atoms with E-state index in [1.807, 2.05) is 36.9 Å². The number of aromatic nitrogens is 5. The maximum Gasteiger partial charge on any atom is 0.252 e. The van der Waals surface area contributed by atoms with Gasteiger partial charge in [-0.25, -0.2) is 14.5 Å². The Balaban J connectivity index is 1.39. The average Bonchev–Trinajstić information content (AvgIpc) is 3.05. The molecule has 3 aromatic rings. The number of pyridine rings is 1. The maximum absolute atomic E-state index is 12.7. The number of hydrogen-bond donors (Lipinski definition) is 0. The van der Waals surface area contributed by atoms with Crippen LogP contribution in [0.25, 0.3) is 5.78 Å². The quantitative estimate of drug-likeness (QED) is 0.631. The Morgan fingerprint density at radius 3 is 2.63 bits per heavy atom. The summed E-state index contributed by atoms with van der Waals surface area (Å²) in [5, 5.41) is 4.43. The standard InChI is InChI=1S/C18H20BrN7O/c1-12-9-13(2)26-18(21-12)22-15(23-26)10-17(27)25-7-5-24(6-8-25)16-4-3-14(19)11-20-16/h3-4,9,11H,5-8,10H2,1-2H3. The molecule has 0 bridgehead atoms. The number of halogens is 1. The molecule has 0 saturated carbocycles. The monoisotopic (exact) mass is 429 g/mol. The van der Waals surface area contributed by atoms with E-state index in [-0.39, 0.29) is 12.3 Å². The molecule has 140 valence electrons. The zero-order valence-corrected chi connectivity index (χ0v) is 16.8. The molecule has 1 amide bonds. The Labute approximate surface area is 165 Å². The molecule has 0 aliphatic carbocycles. The second-order valence-corrected chi connectivity index (χ2v) is 7.57. The Morgan fingerprint density at radius 2 is 1.93 bits per heavy atom. The molecule has 3 aromatic heterocycles. The molecule has 27 heavy (non-hydrogen) atoms. The second kappa shape index (κ2) is 7.22. The van der Waals surface area contributed by atoms with Gasteiger partial charge in [-0.1, -0.05) is 0 Å². The molecule has 0 N–H and O–H groups in total. The van der Waals surface area contributed by atoms with E-state index in [2.05, 4.69) is 40.9 Å². The van der Waals surface area contributed by atoms with Gasteiger partial charge in [-0.2, -0.15) is 4.98 Å². The van der Waals surface area contributed by atoms with Gasteiger partial charge in [0.25, 0.3) is 5.78 Å². The predicted octanol–water partition coefficient (Wildman–Crippen LogP) is 1.79. The number of amides is 1. The topological polar surface area (TPSA) is 79.5 Å². The summed E-state index contributed by atoms with van der Waals surface area (Å²) in [6, 6.07) is 5.91. The molecule has 0 atom stereocenters. The van der Waals surface area contributed by atoms with Gasteiger partial charge >= 0.3 is 0 Å². The number of rotatable bonds is 3. The number of aryl methyl sites for hydroxylation is 2. The molecule has 4 heterocycles. The molecular weight excluding hydrogens is 410 g/mol. The highest BCUT2D eigenvalue weighted by Gasteiger charge is 2.23. The zero-order valence-electron chi connectivity index (χ0n) is 15.3. The molecule has 0 unspecified atom stereocenters. The largest absolute Gasteiger partial charge is 0.353 e. The van der Waals surface area contributed by atoms with Gasteiger partial charge in [0.05, 0.1) is 6.42 Å². The van der Waals surface area contributed by atoms with Gasteiger partial charge < -0.3 is 9.80 Å². The van der Waals surface area contributed by atoms with E-state index < -0.39 is 0 Å². The minimum atomic E-state index is 0.0451. The van der Waals surface area contributed by atoms with Crippen molar-refractivity contribution in [3.63, 3.8) is 0 Å². The summed E-state index contributed by atoms with van der Waals surface area (Å²) >= 11 is 3.40. The number of nitrogens with zero attached hydrogens (tertiary/aromatic N) is 7. The van der Waals surface area contributed by atoms with Gasteiger partial charge in [0.2, 0.25) is 5.91 Å². The molecule has 1 aliphatic heterocycles. The minimum absolute atomic E-state index is 0.0451. The lowest BCUT2D eigenvalue weighted by Crippen LogP contribution is -2.49. The van der Waals surface area contributed by atoms with Crippen molar-refractivity contribution in [1.29, 1.82) is 0 Å². The van der Waals surface area contributed by atoms with Crippen LogP contribution >= 0.6 is 15.9 Å². The first kappa shape index (κ1) is 17.8. The number of anilines is 1. The van der Waals surface area contributed by atoms with E-state index in [0.29, 0.717) is 24.7 Å². The van der Waals surface area contributed by atoms with Gasteiger partial charge in [0.15, 0.2) is 5.82 Å². The fourth-order valence-corrected chi connectivity index (χ4v) is 3.50. The predicted molar refractivity (Wildman–Crippen MR) is 105 cm³/mol. The fraction of sp³-hybridized carbons (Fsp3) is 0.389. The van der Waals surface area contributed by atoms with Gasteiger partial charge in [0, 0.05) is 48.2 Å². The molecule has 0 aromatic carbocycles. The lowest BCUT2D eigenvalue weighted by molar-refractivity contribution is -0.130. The highest BCUT2D eigenvalue weighted by Crippen LogP contribution is 2.17. The number of hydrogen-bond acceptors (Lipinski definition) is 6. The Bertz CT molecular complexity index is 977. The highest BCUT2D eigenvalue weighted by molar-refractivity contribution is 9.10.